The molecule has 0 amide bonds. The van der Waals surface area contributed by atoms with E-state index in [2.05, 4.69) is 20.3 Å². The Morgan fingerprint density at radius 3 is 1.47 bits per heavy atom. The van der Waals surface area contributed by atoms with Gasteiger partial charge in [-0.1, -0.05) is 33.6 Å². The summed E-state index contributed by atoms with van der Waals surface area (Å²) in [6.45, 7) is 3.73. The molecule has 0 aliphatic heterocycles. The van der Waals surface area contributed by atoms with E-state index in [9.17, 15) is 8.78 Å². The van der Waals surface area contributed by atoms with Gasteiger partial charge in [-0.15, -0.1) is 23.2 Å². The molecule has 0 aliphatic carbocycles. The van der Waals surface area contributed by atoms with Crippen LogP contribution in [-0.2, 0) is 11.8 Å². The summed E-state index contributed by atoms with van der Waals surface area (Å²) < 4.78 is 36.6. The van der Waals surface area contributed by atoms with Gasteiger partial charge in [0.2, 0.25) is 0 Å². The Kier molecular flexibility index (Phi) is 7.12. The van der Waals surface area contributed by atoms with E-state index >= 15 is 0 Å². The third kappa shape index (κ3) is 5.20. The van der Waals surface area contributed by atoms with E-state index in [0.717, 1.165) is 11.1 Å². The summed E-state index contributed by atoms with van der Waals surface area (Å²) in [5.41, 5.74) is 2.46. The highest BCUT2D eigenvalue weighted by Crippen LogP contribution is 2.23. The van der Waals surface area contributed by atoms with Crippen LogP contribution in [0.15, 0.2) is 45.4 Å². The van der Waals surface area contributed by atoms with Gasteiger partial charge in [0.05, 0.1) is 22.9 Å². The molecule has 0 radical (unpaired) electrons. The Balaban J connectivity index is 0.000000171. The Hall–Kier alpha value is -2.84. The zero-order chi connectivity index (χ0) is 21.7. The predicted octanol–water partition coefficient (Wildman–Crippen LogP) is 5.85. The summed E-state index contributed by atoms with van der Waals surface area (Å²) >= 11 is 11.0. The number of aryl methyl sites for hydroxylation is 2. The lowest BCUT2D eigenvalue weighted by molar-refractivity contribution is 0.422. The van der Waals surface area contributed by atoms with Crippen molar-refractivity contribution < 1.29 is 17.8 Å². The molecule has 0 saturated carbocycles. The fourth-order valence-corrected chi connectivity index (χ4v) is 2.66. The molecular formula is C20H16Cl2F2N4O2. The van der Waals surface area contributed by atoms with Crippen molar-refractivity contribution in [2.24, 2.45) is 0 Å². The van der Waals surface area contributed by atoms with Crippen molar-refractivity contribution in [1.82, 2.24) is 20.3 Å². The summed E-state index contributed by atoms with van der Waals surface area (Å²) in [5, 5.41) is 7.19. The highest BCUT2D eigenvalue weighted by Gasteiger charge is 2.13. The number of rotatable bonds is 4. The summed E-state index contributed by atoms with van der Waals surface area (Å²) in [6.07, 6.45) is 0. The van der Waals surface area contributed by atoms with Crippen molar-refractivity contribution in [3.05, 3.63) is 70.8 Å². The van der Waals surface area contributed by atoms with Gasteiger partial charge in [-0.3, -0.25) is 0 Å². The molecule has 0 bridgehead atoms. The summed E-state index contributed by atoms with van der Waals surface area (Å²) in [7, 11) is 0. The maximum Gasteiger partial charge on any atom is 0.260 e. The van der Waals surface area contributed by atoms with Crippen LogP contribution in [0.1, 0.15) is 22.8 Å². The molecule has 0 fully saturated rings. The zero-order valence-corrected chi connectivity index (χ0v) is 17.5. The first kappa shape index (κ1) is 21.9. The van der Waals surface area contributed by atoms with E-state index in [-0.39, 0.29) is 35.2 Å². The standard InChI is InChI=1S/2C10H8ClFN2O/c2*1-6-2-3-8(12)7(4-6)10-13-9(5-11)14-15-10/h2*2-4H,5H2,1H3. The molecule has 2 heterocycles. The second kappa shape index (κ2) is 9.77. The van der Waals surface area contributed by atoms with Crippen molar-refractivity contribution >= 4 is 23.2 Å². The van der Waals surface area contributed by atoms with Crippen molar-refractivity contribution in [2.75, 3.05) is 0 Å². The number of halogens is 4. The molecule has 156 valence electrons. The van der Waals surface area contributed by atoms with Gasteiger partial charge >= 0.3 is 0 Å². The lowest BCUT2D eigenvalue weighted by atomic mass is 10.1. The van der Waals surface area contributed by atoms with Crippen LogP contribution >= 0.6 is 23.2 Å². The quantitative estimate of drug-likeness (QED) is 0.361. The minimum absolute atomic E-state index is 0.150. The number of hydrogen-bond donors (Lipinski definition) is 0. The van der Waals surface area contributed by atoms with Crippen LogP contribution in [0.5, 0.6) is 0 Å². The van der Waals surface area contributed by atoms with E-state index in [1.807, 2.05) is 13.8 Å². The lowest BCUT2D eigenvalue weighted by Gasteiger charge is -1.98. The molecule has 0 N–H and O–H groups in total. The molecule has 6 nitrogen and oxygen atoms in total. The number of nitrogens with zero attached hydrogens (tertiary/aromatic N) is 4. The third-order valence-electron chi connectivity index (χ3n) is 3.88. The fourth-order valence-electron chi connectivity index (χ4n) is 2.44. The second-order valence-electron chi connectivity index (χ2n) is 6.27. The first-order valence-corrected chi connectivity index (χ1v) is 9.78. The molecule has 0 aliphatic rings. The largest absolute Gasteiger partial charge is 0.334 e. The predicted molar refractivity (Wildman–Crippen MR) is 108 cm³/mol. The minimum atomic E-state index is -0.384. The van der Waals surface area contributed by atoms with E-state index in [1.165, 1.54) is 12.1 Å². The summed E-state index contributed by atoms with van der Waals surface area (Å²) in [6, 6.07) is 9.40. The molecule has 0 saturated heterocycles. The molecule has 0 unspecified atom stereocenters. The van der Waals surface area contributed by atoms with Gasteiger partial charge in [0.25, 0.3) is 11.8 Å². The van der Waals surface area contributed by atoms with Crippen LogP contribution in [-0.4, -0.2) is 20.3 Å². The minimum Gasteiger partial charge on any atom is -0.334 e. The maximum absolute atomic E-state index is 13.4. The van der Waals surface area contributed by atoms with Gasteiger partial charge < -0.3 is 9.05 Å². The van der Waals surface area contributed by atoms with Crippen LogP contribution in [0.4, 0.5) is 8.78 Å². The topological polar surface area (TPSA) is 77.8 Å². The Morgan fingerprint density at radius 1 is 0.733 bits per heavy atom. The van der Waals surface area contributed by atoms with Gasteiger partial charge in [-0.05, 0) is 38.1 Å². The van der Waals surface area contributed by atoms with Crippen LogP contribution < -0.4 is 0 Å². The van der Waals surface area contributed by atoms with Gasteiger partial charge in [0.1, 0.15) is 11.6 Å². The van der Waals surface area contributed by atoms with Crippen LogP contribution in [0.3, 0.4) is 0 Å². The van der Waals surface area contributed by atoms with Crippen LogP contribution in [0, 0.1) is 25.5 Å². The first-order valence-electron chi connectivity index (χ1n) is 8.71. The molecular weight excluding hydrogens is 437 g/mol. The fraction of sp³-hybridized carbons (Fsp3) is 0.200. The smallest absolute Gasteiger partial charge is 0.260 e. The van der Waals surface area contributed by atoms with Crippen molar-refractivity contribution in [3.63, 3.8) is 0 Å². The van der Waals surface area contributed by atoms with E-state index in [4.69, 9.17) is 32.2 Å². The number of alkyl halides is 2. The summed E-state index contributed by atoms with van der Waals surface area (Å²) in [5.74, 6) is 0.558. The van der Waals surface area contributed by atoms with Crippen molar-refractivity contribution in [1.29, 1.82) is 0 Å². The highest BCUT2D eigenvalue weighted by molar-refractivity contribution is 6.16. The lowest BCUT2D eigenvalue weighted by Crippen LogP contribution is -1.86. The molecule has 0 atom stereocenters. The maximum atomic E-state index is 13.4. The molecule has 0 spiro atoms. The molecule has 2 aromatic carbocycles. The highest BCUT2D eigenvalue weighted by atomic mass is 35.5. The average molecular weight is 453 g/mol. The van der Waals surface area contributed by atoms with Gasteiger partial charge in [0, 0.05) is 0 Å². The monoisotopic (exact) mass is 452 g/mol. The normalized spacial score (nSPS) is 10.6. The van der Waals surface area contributed by atoms with E-state index in [0.29, 0.717) is 22.8 Å². The van der Waals surface area contributed by atoms with Gasteiger partial charge in [-0.2, -0.15) is 9.97 Å². The van der Waals surface area contributed by atoms with Gasteiger partial charge in [-0.25, -0.2) is 8.78 Å². The Morgan fingerprint density at radius 2 is 1.13 bits per heavy atom. The van der Waals surface area contributed by atoms with E-state index < -0.39 is 0 Å². The Labute approximate surface area is 180 Å². The molecule has 10 heteroatoms. The Bertz CT molecular complexity index is 1060. The van der Waals surface area contributed by atoms with Crippen molar-refractivity contribution in [3.8, 4) is 22.9 Å². The number of hydrogen-bond acceptors (Lipinski definition) is 6. The van der Waals surface area contributed by atoms with Crippen LogP contribution in [0.2, 0.25) is 0 Å². The van der Waals surface area contributed by atoms with Gasteiger partial charge in [0.15, 0.2) is 11.6 Å². The molecule has 4 rings (SSSR count). The molecule has 30 heavy (non-hydrogen) atoms. The summed E-state index contributed by atoms with van der Waals surface area (Å²) in [4.78, 5) is 7.90. The molecule has 2 aromatic heterocycles. The SMILES string of the molecule is Cc1ccc(F)c(-c2nc(CCl)no2)c1.Cc1ccc(F)c(-c2nc(CCl)no2)c1. The molecule has 4 aromatic rings. The second-order valence-corrected chi connectivity index (χ2v) is 6.80. The van der Waals surface area contributed by atoms with Crippen LogP contribution in [0.25, 0.3) is 22.9 Å². The number of benzene rings is 2. The number of aromatic nitrogens is 4. The van der Waals surface area contributed by atoms with Crippen molar-refractivity contribution in [2.45, 2.75) is 25.6 Å². The first-order chi connectivity index (χ1) is 14.4. The zero-order valence-electron chi connectivity index (χ0n) is 16.0. The third-order valence-corrected chi connectivity index (χ3v) is 4.36. The van der Waals surface area contributed by atoms with E-state index in [1.54, 1.807) is 24.3 Å². The average Bonchev–Trinajstić information content (AvgIpc) is 3.41.